The molecule has 21 heavy (non-hydrogen) atoms. The maximum atomic E-state index is 11.4. The average molecular weight is 286 g/mol. The summed E-state index contributed by atoms with van der Waals surface area (Å²) in [6.07, 6.45) is 1.77. The number of rotatable bonds is 5. The number of hydrogen-bond donors (Lipinski definition) is 2. The van der Waals surface area contributed by atoms with Crippen molar-refractivity contribution in [2.24, 2.45) is 11.7 Å². The second-order valence-electron chi connectivity index (χ2n) is 5.43. The van der Waals surface area contributed by atoms with Gasteiger partial charge in [-0.2, -0.15) is 5.26 Å². The Labute approximate surface area is 125 Å². The number of benzene rings is 1. The largest absolute Gasteiger partial charge is 0.370 e. The lowest BCUT2D eigenvalue weighted by molar-refractivity contribution is -0.122. The molecule has 1 atom stereocenters. The number of nitrogens with two attached hydrogens (primary N) is 1. The number of nitrogens with zero attached hydrogens (tertiary/aromatic N) is 2. The van der Waals surface area contributed by atoms with Gasteiger partial charge >= 0.3 is 0 Å². The molecule has 1 unspecified atom stereocenters. The summed E-state index contributed by atoms with van der Waals surface area (Å²) in [7, 11) is 0. The zero-order valence-electron chi connectivity index (χ0n) is 12.4. The van der Waals surface area contributed by atoms with Crippen LogP contribution in [-0.2, 0) is 11.3 Å². The van der Waals surface area contributed by atoms with Crippen molar-refractivity contribution in [2.45, 2.75) is 26.3 Å². The summed E-state index contributed by atoms with van der Waals surface area (Å²) in [5.41, 5.74) is 8.08. The maximum absolute atomic E-state index is 11.4. The second-order valence-corrected chi connectivity index (χ2v) is 5.43. The zero-order chi connectivity index (χ0) is 15.2. The Bertz CT molecular complexity index is 550. The van der Waals surface area contributed by atoms with Crippen LogP contribution in [0.5, 0.6) is 0 Å². The third-order valence-electron chi connectivity index (χ3n) is 3.92. The van der Waals surface area contributed by atoms with Crippen molar-refractivity contribution in [1.82, 2.24) is 5.32 Å². The smallest absolute Gasteiger partial charge is 0.222 e. The first-order valence-electron chi connectivity index (χ1n) is 7.43. The molecule has 0 aromatic heterocycles. The molecule has 5 heteroatoms. The van der Waals surface area contributed by atoms with E-state index in [0.717, 1.165) is 43.7 Å². The molecular formula is C16H22N4O. The molecule has 0 aliphatic carbocycles. The van der Waals surface area contributed by atoms with Gasteiger partial charge in [-0.25, -0.2) is 0 Å². The number of hydrogen-bond acceptors (Lipinski definition) is 4. The van der Waals surface area contributed by atoms with E-state index in [1.54, 1.807) is 0 Å². The minimum Gasteiger partial charge on any atom is -0.370 e. The highest BCUT2D eigenvalue weighted by molar-refractivity contribution is 5.78. The predicted molar refractivity (Wildman–Crippen MR) is 82.7 cm³/mol. The van der Waals surface area contributed by atoms with Crippen LogP contribution in [0.3, 0.4) is 0 Å². The van der Waals surface area contributed by atoms with Gasteiger partial charge in [-0.15, -0.1) is 0 Å². The lowest BCUT2D eigenvalue weighted by Crippen LogP contribution is -2.41. The van der Waals surface area contributed by atoms with Crippen LogP contribution in [0.4, 0.5) is 5.69 Å². The summed E-state index contributed by atoms with van der Waals surface area (Å²) in [6.45, 7) is 5.18. The van der Waals surface area contributed by atoms with Crippen LogP contribution in [0.15, 0.2) is 18.2 Å². The van der Waals surface area contributed by atoms with E-state index in [2.05, 4.69) is 23.2 Å². The highest BCUT2D eigenvalue weighted by Crippen LogP contribution is 2.27. The topological polar surface area (TPSA) is 82.2 Å². The van der Waals surface area contributed by atoms with E-state index in [-0.39, 0.29) is 11.8 Å². The molecule has 5 nitrogen and oxygen atoms in total. The number of piperidine rings is 1. The molecule has 1 amide bonds. The Kier molecular flexibility index (Phi) is 5.18. The van der Waals surface area contributed by atoms with Crippen LogP contribution in [0.25, 0.3) is 0 Å². The fourth-order valence-corrected chi connectivity index (χ4v) is 2.76. The number of nitrogens with one attached hydrogen (secondary N) is 1. The Balaban J connectivity index is 2.19. The Morgan fingerprint density at radius 2 is 2.38 bits per heavy atom. The van der Waals surface area contributed by atoms with Crippen molar-refractivity contribution in [1.29, 1.82) is 5.26 Å². The molecule has 112 valence electrons. The van der Waals surface area contributed by atoms with E-state index < -0.39 is 0 Å². The molecule has 1 aromatic carbocycles. The van der Waals surface area contributed by atoms with Gasteiger partial charge in [0.2, 0.25) is 5.91 Å². The number of primary amides is 1. The molecule has 1 saturated heterocycles. The molecule has 2 rings (SSSR count). The fraction of sp³-hybridized carbons (Fsp3) is 0.500. The van der Waals surface area contributed by atoms with Crippen LogP contribution in [0.1, 0.15) is 30.9 Å². The van der Waals surface area contributed by atoms with E-state index in [4.69, 9.17) is 5.73 Å². The highest BCUT2D eigenvalue weighted by Gasteiger charge is 2.25. The SMILES string of the molecule is CCNCc1ccc(N2CCCC(C(N)=O)C2)c(C#N)c1. The number of amides is 1. The van der Waals surface area contributed by atoms with Crippen LogP contribution in [0.2, 0.25) is 0 Å². The van der Waals surface area contributed by atoms with Gasteiger partial charge in [0.1, 0.15) is 6.07 Å². The molecule has 1 fully saturated rings. The van der Waals surface area contributed by atoms with Gasteiger partial charge in [-0.3, -0.25) is 4.79 Å². The van der Waals surface area contributed by atoms with E-state index in [1.807, 2.05) is 18.2 Å². The average Bonchev–Trinajstić information content (AvgIpc) is 2.52. The summed E-state index contributed by atoms with van der Waals surface area (Å²) in [5, 5.41) is 12.6. The molecule has 1 aromatic rings. The van der Waals surface area contributed by atoms with Gasteiger partial charge in [-0.1, -0.05) is 13.0 Å². The standard InChI is InChI=1S/C16H22N4O/c1-2-19-10-12-5-6-15(14(8-12)9-17)20-7-3-4-13(11-20)16(18)21/h5-6,8,13,19H,2-4,7,10-11H2,1H3,(H2,18,21). The minimum absolute atomic E-state index is 0.119. The van der Waals surface area contributed by atoms with Gasteiger partial charge in [0.25, 0.3) is 0 Å². The summed E-state index contributed by atoms with van der Waals surface area (Å²) < 4.78 is 0. The molecule has 0 radical (unpaired) electrons. The number of anilines is 1. The molecule has 1 aliphatic rings. The molecule has 0 spiro atoms. The third kappa shape index (κ3) is 3.73. The summed E-state index contributed by atoms with van der Waals surface area (Å²) in [4.78, 5) is 13.5. The molecular weight excluding hydrogens is 264 g/mol. The molecule has 0 saturated carbocycles. The number of nitriles is 1. The van der Waals surface area contributed by atoms with Crippen molar-refractivity contribution in [3.63, 3.8) is 0 Å². The van der Waals surface area contributed by atoms with Crippen LogP contribution in [-0.4, -0.2) is 25.5 Å². The first kappa shape index (κ1) is 15.3. The summed E-state index contributed by atoms with van der Waals surface area (Å²) in [5.74, 6) is -0.367. The van der Waals surface area contributed by atoms with Crippen LogP contribution < -0.4 is 16.0 Å². The Morgan fingerprint density at radius 1 is 1.57 bits per heavy atom. The number of carbonyl (C=O) groups is 1. The minimum atomic E-state index is -0.248. The maximum Gasteiger partial charge on any atom is 0.222 e. The predicted octanol–water partition coefficient (Wildman–Crippen LogP) is 1.37. The van der Waals surface area contributed by atoms with Crippen molar-refractivity contribution in [3.05, 3.63) is 29.3 Å². The van der Waals surface area contributed by atoms with Crippen LogP contribution in [0, 0.1) is 17.2 Å². The molecule has 1 heterocycles. The summed E-state index contributed by atoms with van der Waals surface area (Å²) in [6, 6.07) is 8.21. The Hall–Kier alpha value is -2.06. The monoisotopic (exact) mass is 286 g/mol. The molecule has 0 bridgehead atoms. The van der Waals surface area contributed by atoms with Gasteiger partial charge in [0, 0.05) is 19.6 Å². The van der Waals surface area contributed by atoms with E-state index in [9.17, 15) is 10.1 Å². The van der Waals surface area contributed by atoms with Crippen molar-refractivity contribution < 1.29 is 4.79 Å². The third-order valence-corrected chi connectivity index (χ3v) is 3.92. The molecule has 3 N–H and O–H groups in total. The van der Waals surface area contributed by atoms with Gasteiger partial charge in [0.15, 0.2) is 0 Å². The zero-order valence-corrected chi connectivity index (χ0v) is 12.4. The lowest BCUT2D eigenvalue weighted by Gasteiger charge is -2.33. The van der Waals surface area contributed by atoms with E-state index in [0.29, 0.717) is 12.1 Å². The van der Waals surface area contributed by atoms with E-state index in [1.165, 1.54) is 0 Å². The summed E-state index contributed by atoms with van der Waals surface area (Å²) >= 11 is 0. The van der Waals surface area contributed by atoms with Crippen LogP contribution >= 0.6 is 0 Å². The first-order valence-corrected chi connectivity index (χ1v) is 7.43. The normalized spacial score (nSPS) is 18.3. The van der Waals surface area contributed by atoms with Gasteiger partial charge in [0.05, 0.1) is 17.2 Å². The fourth-order valence-electron chi connectivity index (χ4n) is 2.76. The molecule has 1 aliphatic heterocycles. The van der Waals surface area contributed by atoms with Crippen molar-refractivity contribution in [3.8, 4) is 6.07 Å². The quantitative estimate of drug-likeness (QED) is 0.856. The van der Waals surface area contributed by atoms with Crippen molar-refractivity contribution >= 4 is 11.6 Å². The first-order chi connectivity index (χ1) is 10.2. The van der Waals surface area contributed by atoms with Gasteiger partial charge < -0.3 is 16.0 Å². The number of carbonyl (C=O) groups excluding carboxylic acids is 1. The van der Waals surface area contributed by atoms with Crippen molar-refractivity contribution in [2.75, 3.05) is 24.5 Å². The second kappa shape index (κ2) is 7.09. The highest BCUT2D eigenvalue weighted by atomic mass is 16.1. The Morgan fingerprint density at radius 3 is 3.05 bits per heavy atom. The lowest BCUT2D eigenvalue weighted by atomic mass is 9.96. The van der Waals surface area contributed by atoms with Gasteiger partial charge in [-0.05, 0) is 37.1 Å². The van der Waals surface area contributed by atoms with E-state index >= 15 is 0 Å².